The molecule has 0 aromatic heterocycles. The van der Waals surface area contributed by atoms with Crippen LogP contribution < -0.4 is 5.32 Å². The van der Waals surface area contributed by atoms with Crippen molar-refractivity contribution in [3.05, 3.63) is 28.2 Å². The molecule has 1 unspecified atom stereocenters. The Morgan fingerprint density at radius 1 is 1.33 bits per heavy atom. The van der Waals surface area contributed by atoms with Crippen LogP contribution in [0.1, 0.15) is 13.8 Å². The maximum Gasteiger partial charge on any atom is 0.307 e. The van der Waals surface area contributed by atoms with Gasteiger partial charge in [0.25, 0.3) is 0 Å². The van der Waals surface area contributed by atoms with Crippen LogP contribution in [0.4, 0.5) is 5.69 Å². The Hall–Kier alpha value is -1.30. The number of likely N-dealkylation sites (N-methyl/N-ethyl adjacent to an activating group) is 1. The molecule has 5 nitrogen and oxygen atoms in total. The van der Waals surface area contributed by atoms with Crippen LogP contribution in [0.5, 0.6) is 0 Å². The molecule has 0 saturated carbocycles. The number of carbonyl (C=O) groups excluding carboxylic acids is 1. The first kappa shape index (κ1) is 17.8. The highest BCUT2D eigenvalue weighted by Gasteiger charge is 2.18. The molecule has 0 radical (unpaired) electrons. The lowest BCUT2D eigenvalue weighted by Gasteiger charge is -2.22. The van der Waals surface area contributed by atoms with E-state index in [2.05, 4.69) is 5.32 Å². The summed E-state index contributed by atoms with van der Waals surface area (Å²) >= 11 is 12.0. The minimum Gasteiger partial charge on any atom is -0.481 e. The van der Waals surface area contributed by atoms with Crippen molar-refractivity contribution in [2.45, 2.75) is 13.8 Å². The fraction of sp³-hybridized carbons (Fsp3) is 0.429. The van der Waals surface area contributed by atoms with Crippen LogP contribution in [-0.4, -0.2) is 41.5 Å². The van der Waals surface area contributed by atoms with Gasteiger partial charge in [0.2, 0.25) is 5.91 Å². The molecule has 21 heavy (non-hydrogen) atoms. The fourth-order valence-corrected chi connectivity index (χ4v) is 2.26. The molecule has 0 saturated heterocycles. The molecular formula is C14H18Cl2N2O3. The molecule has 2 N–H and O–H groups in total. The van der Waals surface area contributed by atoms with Crippen LogP contribution in [0, 0.1) is 5.92 Å². The van der Waals surface area contributed by atoms with Crippen LogP contribution >= 0.6 is 23.2 Å². The second-order valence-corrected chi connectivity index (χ2v) is 5.53. The van der Waals surface area contributed by atoms with Crippen LogP contribution in [0.3, 0.4) is 0 Å². The van der Waals surface area contributed by atoms with E-state index in [1.54, 1.807) is 30.0 Å². The van der Waals surface area contributed by atoms with Gasteiger partial charge in [0, 0.05) is 6.54 Å². The summed E-state index contributed by atoms with van der Waals surface area (Å²) in [7, 11) is 0. The smallest absolute Gasteiger partial charge is 0.307 e. The lowest BCUT2D eigenvalue weighted by atomic mass is 10.1. The molecule has 1 atom stereocenters. The van der Waals surface area contributed by atoms with E-state index in [1.165, 1.54) is 0 Å². The van der Waals surface area contributed by atoms with Crippen LogP contribution in [0.15, 0.2) is 18.2 Å². The highest BCUT2D eigenvalue weighted by Crippen LogP contribution is 2.29. The van der Waals surface area contributed by atoms with E-state index in [4.69, 9.17) is 28.3 Å². The van der Waals surface area contributed by atoms with Crippen molar-refractivity contribution in [2.75, 3.05) is 25.0 Å². The molecule has 1 aromatic rings. The van der Waals surface area contributed by atoms with Crippen LogP contribution in [0.2, 0.25) is 10.0 Å². The molecule has 0 fully saturated rings. The topological polar surface area (TPSA) is 69.6 Å². The quantitative estimate of drug-likeness (QED) is 0.805. The number of hydrogen-bond donors (Lipinski definition) is 2. The third kappa shape index (κ3) is 5.53. The molecule has 0 aliphatic rings. The molecule has 0 spiro atoms. The molecule has 1 amide bonds. The van der Waals surface area contributed by atoms with Gasteiger partial charge >= 0.3 is 5.97 Å². The summed E-state index contributed by atoms with van der Waals surface area (Å²) in [6.07, 6.45) is 0. The minimum atomic E-state index is -0.886. The lowest BCUT2D eigenvalue weighted by Crippen LogP contribution is -2.37. The summed E-state index contributed by atoms with van der Waals surface area (Å²) in [5.74, 6) is -1.71. The number of carbonyl (C=O) groups is 2. The van der Waals surface area contributed by atoms with E-state index in [-0.39, 0.29) is 12.5 Å². The van der Waals surface area contributed by atoms with E-state index in [9.17, 15) is 9.59 Å². The van der Waals surface area contributed by atoms with Gasteiger partial charge in [-0.05, 0) is 18.7 Å². The van der Waals surface area contributed by atoms with Gasteiger partial charge in [0.15, 0.2) is 0 Å². The summed E-state index contributed by atoms with van der Waals surface area (Å²) in [5.41, 5.74) is 0.369. The molecule has 0 heterocycles. The number of halogens is 2. The number of nitrogens with zero attached hydrogens (tertiary/aromatic N) is 1. The highest BCUT2D eigenvalue weighted by atomic mass is 35.5. The van der Waals surface area contributed by atoms with Crippen molar-refractivity contribution in [3.63, 3.8) is 0 Å². The van der Waals surface area contributed by atoms with Gasteiger partial charge in [0.1, 0.15) is 0 Å². The second kappa shape index (κ2) is 8.22. The number of carboxylic acid groups (broad SMARTS) is 1. The van der Waals surface area contributed by atoms with Gasteiger partial charge in [-0.2, -0.15) is 0 Å². The number of aliphatic carboxylic acids is 1. The summed E-state index contributed by atoms with van der Waals surface area (Å²) in [6.45, 7) is 4.42. The third-order valence-corrected chi connectivity index (χ3v) is 3.63. The summed E-state index contributed by atoms with van der Waals surface area (Å²) in [4.78, 5) is 24.6. The van der Waals surface area contributed by atoms with E-state index in [0.29, 0.717) is 28.8 Å². The standard InChI is InChI=1S/C14H18Cl2N2O3/c1-3-18(7-9(2)14(20)21)8-12(19)17-13-10(15)5-4-6-11(13)16/h4-6,9H,3,7-8H2,1-2H3,(H,17,19)(H,20,21). The molecule has 7 heteroatoms. The molecule has 1 aromatic carbocycles. The van der Waals surface area contributed by atoms with Gasteiger partial charge in [0.05, 0.1) is 28.2 Å². The zero-order chi connectivity index (χ0) is 16.0. The van der Waals surface area contributed by atoms with Crippen molar-refractivity contribution in [2.24, 2.45) is 5.92 Å². The molecular weight excluding hydrogens is 315 g/mol. The summed E-state index contributed by atoms with van der Waals surface area (Å²) < 4.78 is 0. The summed E-state index contributed by atoms with van der Waals surface area (Å²) in [5, 5.41) is 12.3. The number of hydrogen-bond acceptors (Lipinski definition) is 3. The SMILES string of the molecule is CCN(CC(=O)Nc1c(Cl)cccc1Cl)CC(C)C(=O)O. The number of anilines is 1. The van der Waals surface area contributed by atoms with E-state index < -0.39 is 11.9 Å². The Morgan fingerprint density at radius 2 is 1.90 bits per heavy atom. The molecule has 116 valence electrons. The van der Waals surface area contributed by atoms with E-state index in [0.717, 1.165) is 0 Å². The lowest BCUT2D eigenvalue weighted by molar-refractivity contribution is -0.142. The van der Waals surface area contributed by atoms with Gasteiger partial charge < -0.3 is 10.4 Å². The monoisotopic (exact) mass is 332 g/mol. The Labute approximate surface area is 133 Å². The van der Waals surface area contributed by atoms with Gasteiger partial charge in [-0.25, -0.2) is 0 Å². The minimum absolute atomic E-state index is 0.0790. The maximum absolute atomic E-state index is 12.0. The number of amides is 1. The molecule has 1 rings (SSSR count). The Kier molecular flexibility index (Phi) is 6.95. The molecule has 0 bridgehead atoms. The predicted molar refractivity (Wildman–Crippen MR) is 84.0 cm³/mol. The van der Waals surface area contributed by atoms with Crippen LogP contribution in [-0.2, 0) is 9.59 Å². The molecule has 0 aliphatic carbocycles. The van der Waals surface area contributed by atoms with Crippen LogP contribution in [0.25, 0.3) is 0 Å². The normalized spacial score (nSPS) is 12.2. The van der Waals surface area contributed by atoms with Crippen molar-refractivity contribution in [1.82, 2.24) is 4.90 Å². The highest BCUT2D eigenvalue weighted by molar-refractivity contribution is 6.39. The second-order valence-electron chi connectivity index (χ2n) is 4.71. The number of nitrogens with one attached hydrogen (secondary N) is 1. The number of para-hydroxylation sites is 1. The first-order valence-corrected chi connectivity index (χ1v) is 7.29. The zero-order valence-electron chi connectivity index (χ0n) is 11.9. The van der Waals surface area contributed by atoms with Crippen molar-refractivity contribution < 1.29 is 14.7 Å². The largest absolute Gasteiger partial charge is 0.481 e. The summed E-state index contributed by atoms with van der Waals surface area (Å²) in [6, 6.07) is 4.95. The van der Waals surface area contributed by atoms with Crippen molar-refractivity contribution >= 4 is 40.8 Å². The molecule has 0 aliphatic heterocycles. The van der Waals surface area contributed by atoms with E-state index in [1.807, 2.05) is 6.92 Å². The Balaban J connectivity index is 2.65. The number of carboxylic acids is 1. The first-order valence-electron chi connectivity index (χ1n) is 6.54. The average molecular weight is 333 g/mol. The van der Waals surface area contributed by atoms with Crippen molar-refractivity contribution in [3.8, 4) is 0 Å². The Morgan fingerprint density at radius 3 is 2.38 bits per heavy atom. The average Bonchev–Trinajstić information content (AvgIpc) is 2.42. The van der Waals surface area contributed by atoms with Crippen molar-refractivity contribution in [1.29, 1.82) is 0 Å². The predicted octanol–water partition coefficient (Wildman–Crippen LogP) is 2.97. The van der Waals surface area contributed by atoms with E-state index >= 15 is 0 Å². The van der Waals surface area contributed by atoms with Gasteiger partial charge in [-0.3, -0.25) is 14.5 Å². The van der Waals surface area contributed by atoms with Gasteiger partial charge in [-0.15, -0.1) is 0 Å². The fourth-order valence-electron chi connectivity index (χ4n) is 1.77. The maximum atomic E-state index is 12.0. The number of benzene rings is 1. The Bertz CT molecular complexity index is 503. The third-order valence-electron chi connectivity index (χ3n) is 3.00. The first-order chi connectivity index (χ1) is 9.85. The number of rotatable bonds is 7. The van der Waals surface area contributed by atoms with Gasteiger partial charge in [-0.1, -0.05) is 43.1 Å². The zero-order valence-corrected chi connectivity index (χ0v) is 13.4.